The van der Waals surface area contributed by atoms with Crippen molar-refractivity contribution in [2.24, 2.45) is 0 Å². The number of amides is 1. The number of nitrogens with zero attached hydrogens (tertiary/aromatic N) is 4. The zero-order valence-corrected chi connectivity index (χ0v) is 19.0. The molecule has 0 bridgehead atoms. The number of carbonyl (C=O) groups is 1. The van der Waals surface area contributed by atoms with Crippen LogP contribution in [0.1, 0.15) is 23.7 Å². The number of fused-ring (bicyclic) bond motifs is 1. The van der Waals surface area contributed by atoms with Gasteiger partial charge in [0.25, 0.3) is 5.56 Å². The van der Waals surface area contributed by atoms with E-state index < -0.39 is 5.69 Å². The average Bonchev–Trinajstić information content (AvgIpc) is 3.15. The van der Waals surface area contributed by atoms with Crippen molar-refractivity contribution in [1.29, 1.82) is 0 Å². The molecule has 2 heterocycles. The fraction of sp³-hybridized carbons (Fsp3) is 0.280. The third-order valence-electron chi connectivity index (χ3n) is 5.76. The molecular formula is C25H27N5O3. The molecule has 4 aromatic rings. The van der Waals surface area contributed by atoms with Gasteiger partial charge in [-0.25, -0.2) is 4.79 Å². The number of benzene rings is 2. The Morgan fingerprint density at radius 1 is 0.939 bits per heavy atom. The predicted molar refractivity (Wildman–Crippen MR) is 129 cm³/mol. The van der Waals surface area contributed by atoms with E-state index in [-0.39, 0.29) is 24.6 Å². The molecule has 0 saturated carbocycles. The number of nitrogens with one attached hydrogen (secondary N) is 1. The molecule has 0 radical (unpaired) electrons. The molecule has 4 rings (SSSR count). The van der Waals surface area contributed by atoms with Crippen LogP contribution in [0, 0.1) is 13.8 Å². The Labute approximate surface area is 191 Å². The summed E-state index contributed by atoms with van der Waals surface area (Å²) >= 11 is 0. The number of aryl methyl sites for hydroxylation is 4. The Hall–Kier alpha value is -3.94. The van der Waals surface area contributed by atoms with Gasteiger partial charge in [0.15, 0.2) is 5.52 Å². The molecule has 2 aromatic carbocycles. The molecule has 33 heavy (non-hydrogen) atoms. The molecule has 1 N–H and O–H groups in total. The number of aromatic nitrogens is 4. The van der Waals surface area contributed by atoms with Gasteiger partial charge in [0.1, 0.15) is 12.1 Å². The van der Waals surface area contributed by atoms with E-state index in [0.717, 1.165) is 11.1 Å². The molecule has 0 atom stereocenters. The van der Waals surface area contributed by atoms with Gasteiger partial charge in [-0.1, -0.05) is 48.5 Å². The zero-order chi connectivity index (χ0) is 23.5. The number of rotatable bonds is 7. The van der Waals surface area contributed by atoms with Crippen molar-refractivity contribution >= 4 is 22.6 Å². The molecule has 170 valence electrons. The SMILES string of the molecule is CCn1nc(C)c2c1c(=O)n(CCc1ccccc1)c(=O)n2CC(=O)Nc1ccccc1C. The van der Waals surface area contributed by atoms with Crippen LogP contribution in [0.25, 0.3) is 11.0 Å². The highest BCUT2D eigenvalue weighted by Crippen LogP contribution is 2.16. The van der Waals surface area contributed by atoms with E-state index in [1.165, 1.54) is 9.13 Å². The fourth-order valence-corrected chi connectivity index (χ4v) is 4.07. The summed E-state index contributed by atoms with van der Waals surface area (Å²) in [5.74, 6) is -0.343. The van der Waals surface area contributed by atoms with Crippen LogP contribution in [0.15, 0.2) is 64.2 Å². The Kier molecular flexibility index (Phi) is 6.26. The first-order valence-electron chi connectivity index (χ1n) is 11.0. The van der Waals surface area contributed by atoms with Crippen LogP contribution in [0.3, 0.4) is 0 Å². The average molecular weight is 446 g/mol. The van der Waals surface area contributed by atoms with Crippen LogP contribution in [0.2, 0.25) is 0 Å². The van der Waals surface area contributed by atoms with Gasteiger partial charge in [-0.2, -0.15) is 5.10 Å². The highest BCUT2D eigenvalue weighted by atomic mass is 16.2. The van der Waals surface area contributed by atoms with Gasteiger partial charge in [0, 0.05) is 18.8 Å². The van der Waals surface area contributed by atoms with Crippen molar-refractivity contribution in [2.45, 2.75) is 46.8 Å². The van der Waals surface area contributed by atoms with Gasteiger partial charge in [-0.15, -0.1) is 0 Å². The van der Waals surface area contributed by atoms with Crippen LogP contribution in [-0.2, 0) is 30.8 Å². The quantitative estimate of drug-likeness (QED) is 0.474. The summed E-state index contributed by atoms with van der Waals surface area (Å²) in [6.45, 7) is 6.01. The maximum atomic E-state index is 13.4. The Balaban J connectivity index is 1.78. The standard InChI is InChI=1S/C25H27N5O3/c1-4-30-23-22(18(3)27-30)29(16-21(31)26-20-13-9-8-10-17(20)2)25(33)28(24(23)32)15-14-19-11-6-5-7-12-19/h5-13H,4,14-16H2,1-3H3,(H,26,31). The van der Waals surface area contributed by atoms with Gasteiger partial charge < -0.3 is 5.32 Å². The summed E-state index contributed by atoms with van der Waals surface area (Å²) in [5, 5.41) is 7.32. The number of para-hydroxylation sites is 1. The monoisotopic (exact) mass is 445 g/mol. The van der Waals surface area contributed by atoms with Crippen molar-refractivity contribution < 1.29 is 4.79 Å². The van der Waals surface area contributed by atoms with E-state index in [9.17, 15) is 14.4 Å². The van der Waals surface area contributed by atoms with E-state index in [2.05, 4.69) is 10.4 Å². The minimum atomic E-state index is -0.512. The summed E-state index contributed by atoms with van der Waals surface area (Å²) in [4.78, 5) is 39.7. The highest BCUT2D eigenvalue weighted by Gasteiger charge is 2.21. The van der Waals surface area contributed by atoms with Gasteiger partial charge in [-0.05, 0) is 44.4 Å². The number of anilines is 1. The lowest BCUT2D eigenvalue weighted by atomic mass is 10.1. The molecule has 0 unspecified atom stereocenters. The number of hydrogen-bond acceptors (Lipinski definition) is 4. The molecule has 0 aliphatic heterocycles. The van der Waals surface area contributed by atoms with Gasteiger partial charge in [0.05, 0.1) is 5.69 Å². The first kappa shape index (κ1) is 22.3. The van der Waals surface area contributed by atoms with Crippen LogP contribution in [-0.4, -0.2) is 24.8 Å². The molecule has 0 saturated heterocycles. The van der Waals surface area contributed by atoms with E-state index in [1.54, 1.807) is 11.6 Å². The van der Waals surface area contributed by atoms with Crippen LogP contribution < -0.4 is 16.6 Å². The smallest absolute Gasteiger partial charge is 0.324 e. The van der Waals surface area contributed by atoms with Gasteiger partial charge >= 0.3 is 5.69 Å². The van der Waals surface area contributed by atoms with E-state index >= 15 is 0 Å². The first-order chi connectivity index (χ1) is 15.9. The van der Waals surface area contributed by atoms with E-state index in [0.29, 0.717) is 35.4 Å². The number of hydrogen-bond donors (Lipinski definition) is 1. The fourth-order valence-electron chi connectivity index (χ4n) is 4.07. The van der Waals surface area contributed by atoms with Crippen molar-refractivity contribution in [1.82, 2.24) is 18.9 Å². The van der Waals surface area contributed by atoms with E-state index in [1.807, 2.05) is 68.4 Å². The molecule has 8 heteroatoms. The lowest BCUT2D eigenvalue weighted by Gasteiger charge is -2.14. The summed E-state index contributed by atoms with van der Waals surface area (Å²) in [6, 6.07) is 17.1. The summed E-state index contributed by atoms with van der Waals surface area (Å²) in [7, 11) is 0. The first-order valence-corrected chi connectivity index (χ1v) is 11.0. The molecule has 1 amide bonds. The molecule has 8 nitrogen and oxygen atoms in total. The minimum Gasteiger partial charge on any atom is -0.324 e. The molecule has 0 fully saturated rings. The Bertz CT molecular complexity index is 1430. The van der Waals surface area contributed by atoms with Crippen molar-refractivity contribution in [3.05, 3.63) is 92.3 Å². The Morgan fingerprint density at radius 3 is 2.33 bits per heavy atom. The normalized spacial score (nSPS) is 11.1. The van der Waals surface area contributed by atoms with Crippen LogP contribution >= 0.6 is 0 Å². The minimum absolute atomic E-state index is 0.213. The Morgan fingerprint density at radius 2 is 1.64 bits per heavy atom. The maximum absolute atomic E-state index is 13.4. The topological polar surface area (TPSA) is 90.9 Å². The largest absolute Gasteiger partial charge is 0.332 e. The lowest BCUT2D eigenvalue weighted by Crippen LogP contribution is -2.42. The third-order valence-corrected chi connectivity index (χ3v) is 5.76. The summed E-state index contributed by atoms with van der Waals surface area (Å²) < 4.78 is 4.18. The molecule has 2 aromatic heterocycles. The lowest BCUT2D eigenvalue weighted by molar-refractivity contribution is -0.116. The van der Waals surface area contributed by atoms with Crippen molar-refractivity contribution in [2.75, 3.05) is 5.32 Å². The van der Waals surface area contributed by atoms with E-state index in [4.69, 9.17) is 0 Å². The second-order valence-corrected chi connectivity index (χ2v) is 8.02. The molecular weight excluding hydrogens is 418 g/mol. The van der Waals surface area contributed by atoms with Crippen LogP contribution in [0.5, 0.6) is 0 Å². The van der Waals surface area contributed by atoms with Crippen molar-refractivity contribution in [3.8, 4) is 0 Å². The molecule has 0 aliphatic rings. The third kappa shape index (κ3) is 4.37. The number of carbonyl (C=O) groups excluding carboxylic acids is 1. The second kappa shape index (κ2) is 9.28. The predicted octanol–water partition coefficient (Wildman–Crippen LogP) is 2.88. The van der Waals surface area contributed by atoms with Crippen LogP contribution in [0.4, 0.5) is 5.69 Å². The second-order valence-electron chi connectivity index (χ2n) is 8.02. The molecule has 0 spiro atoms. The summed E-state index contributed by atoms with van der Waals surface area (Å²) in [6.07, 6.45) is 0.524. The highest BCUT2D eigenvalue weighted by molar-refractivity contribution is 5.92. The summed E-state index contributed by atoms with van der Waals surface area (Å²) in [5.41, 5.74) is 3.02. The van der Waals surface area contributed by atoms with Gasteiger partial charge in [-0.3, -0.25) is 23.4 Å². The zero-order valence-electron chi connectivity index (χ0n) is 19.0. The van der Waals surface area contributed by atoms with Gasteiger partial charge in [0.2, 0.25) is 5.91 Å². The maximum Gasteiger partial charge on any atom is 0.332 e. The molecule has 0 aliphatic carbocycles. The van der Waals surface area contributed by atoms with Crippen molar-refractivity contribution in [3.63, 3.8) is 0 Å².